The smallest absolute Gasteiger partial charge is 0.315 e. The van der Waals surface area contributed by atoms with Crippen LogP contribution in [0.1, 0.15) is 40.0 Å². The number of aliphatic carboxylic acids is 1. The molecule has 19 heavy (non-hydrogen) atoms. The Morgan fingerprint density at radius 1 is 1.26 bits per heavy atom. The summed E-state index contributed by atoms with van der Waals surface area (Å²) in [5.41, 5.74) is 0. The zero-order valence-corrected chi connectivity index (χ0v) is 12.1. The van der Waals surface area contributed by atoms with Crippen molar-refractivity contribution in [3.05, 3.63) is 0 Å². The molecule has 0 heterocycles. The second kappa shape index (κ2) is 10.6. The fourth-order valence-electron chi connectivity index (χ4n) is 1.45. The summed E-state index contributed by atoms with van der Waals surface area (Å²) in [7, 11) is 0. The molecule has 0 aromatic rings. The van der Waals surface area contributed by atoms with E-state index in [4.69, 9.17) is 9.84 Å². The lowest BCUT2D eigenvalue weighted by atomic mass is 10.0. The molecule has 2 amide bonds. The first-order valence-electron chi connectivity index (χ1n) is 6.81. The van der Waals surface area contributed by atoms with Gasteiger partial charge < -0.3 is 20.5 Å². The van der Waals surface area contributed by atoms with Crippen LogP contribution < -0.4 is 10.6 Å². The van der Waals surface area contributed by atoms with Crippen LogP contribution in [0, 0.1) is 5.92 Å². The first kappa shape index (κ1) is 17.7. The number of carbonyl (C=O) groups excluding carboxylic acids is 1. The van der Waals surface area contributed by atoms with Crippen molar-refractivity contribution in [2.75, 3.05) is 19.8 Å². The van der Waals surface area contributed by atoms with Crippen LogP contribution in [-0.4, -0.2) is 42.9 Å². The number of nitrogens with one attached hydrogen (secondary N) is 2. The molecular weight excluding hydrogens is 248 g/mol. The van der Waals surface area contributed by atoms with Crippen LogP contribution in [-0.2, 0) is 9.53 Å². The Kier molecular flexibility index (Phi) is 9.88. The van der Waals surface area contributed by atoms with E-state index in [1.54, 1.807) is 0 Å². The van der Waals surface area contributed by atoms with Crippen LogP contribution in [0.4, 0.5) is 4.79 Å². The molecule has 6 nitrogen and oxygen atoms in total. The van der Waals surface area contributed by atoms with Gasteiger partial charge in [-0.3, -0.25) is 4.79 Å². The topological polar surface area (TPSA) is 87.7 Å². The molecule has 0 aliphatic carbocycles. The van der Waals surface area contributed by atoms with Crippen molar-refractivity contribution in [3.63, 3.8) is 0 Å². The number of carbonyl (C=O) groups is 2. The van der Waals surface area contributed by atoms with Gasteiger partial charge in [0, 0.05) is 19.2 Å². The van der Waals surface area contributed by atoms with Gasteiger partial charge in [0.25, 0.3) is 0 Å². The molecule has 0 aliphatic rings. The number of unbranched alkanes of at least 4 members (excludes halogenated alkanes) is 1. The summed E-state index contributed by atoms with van der Waals surface area (Å²) in [6, 6.07) is -0.711. The molecule has 0 bridgehead atoms. The number of ether oxygens (including phenoxy) is 1. The first-order valence-corrected chi connectivity index (χ1v) is 6.81. The molecule has 1 unspecified atom stereocenters. The molecule has 3 N–H and O–H groups in total. The van der Waals surface area contributed by atoms with E-state index in [9.17, 15) is 9.59 Å². The molecule has 1 atom stereocenters. The van der Waals surface area contributed by atoms with Gasteiger partial charge in [-0.15, -0.1) is 0 Å². The van der Waals surface area contributed by atoms with Gasteiger partial charge in [0.15, 0.2) is 0 Å². The van der Waals surface area contributed by atoms with Gasteiger partial charge >= 0.3 is 12.0 Å². The maximum absolute atomic E-state index is 11.6. The lowest BCUT2D eigenvalue weighted by Crippen LogP contribution is -2.46. The van der Waals surface area contributed by atoms with Gasteiger partial charge in [-0.1, -0.05) is 27.2 Å². The molecule has 0 radical (unpaired) electrons. The fourth-order valence-corrected chi connectivity index (χ4v) is 1.45. The third-order valence-electron chi connectivity index (χ3n) is 2.69. The van der Waals surface area contributed by atoms with Gasteiger partial charge in [-0.05, 0) is 12.3 Å². The Balaban J connectivity index is 3.78. The Morgan fingerprint density at radius 3 is 2.47 bits per heavy atom. The van der Waals surface area contributed by atoms with Crippen molar-refractivity contribution in [3.8, 4) is 0 Å². The molecule has 0 rings (SSSR count). The summed E-state index contributed by atoms with van der Waals surface area (Å²) in [5, 5.41) is 14.1. The second-order valence-electron chi connectivity index (χ2n) is 4.81. The van der Waals surface area contributed by atoms with Gasteiger partial charge in [-0.2, -0.15) is 0 Å². The van der Waals surface area contributed by atoms with E-state index in [0.717, 1.165) is 12.8 Å². The molecule has 0 aromatic heterocycles. The zero-order chi connectivity index (χ0) is 14.7. The van der Waals surface area contributed by atoms with Crippen LogP contribution in [0.25, 0.3) is 0 Å². The average molecular weight is 274 g/mol. The Morgan fingerprint density at radius 2 is 1.95 bits per heavy atom. The number of carboxylic acids is 1. The monoisotopic (exact) mass is 274 g/mol. The van der Waals surface area contributed by atoms with Crippen molar-refractivity contribution < 1.29 is 19.4 Å². The third kappa shape index (κ3) is 10.3. The molecule has 0 saturated carbocycles. The SMILES string of the molecule is CCCCOCCNC(=O)NC(CC(=O)O)C(C)C. The van der Waals surface area contributed by atoms with E-state index in [1.807, 2.05) is 13.8 Å². The standard InChI is InChI=1S/C13H26N2O4/c1-4-5-7-19-8-6-14-13(18)15-11(10(2)3)9-12(16)17/h10-11H,4-9H2,1-3H3,(H,16,17)(H2,14,15,18). The van der Waals surface area contributed by atoms with E-state index in [2.05, 4.69) is 17.6 Å². The van der Waals surface area contributed by atoms with E-state index in [1.165, 1.54) is 0 Å². The number of hydrogen-bond donors (Lipinski definition) is 3. The van der Waals surface area contributed by atoms with Gasteiger partial charge in [0.05, 0.1) is 13.0 Å². The molecule has 0 spiro atoms. The predicted molar refractivity (Wildman–Crippen MR) is 73.1 cm³/mol. The molecule has 0 aliphatic heterocycles. The Bertz CT molecular complexity index is 269. The number of urea groups is 1. The minimum absolute atomic E-state index is 0.0713. The van der Waals surface area contributed by atoms with Crippen molar-refractivity contribution in [2.45, 2.75) is 46.1 Å². The number of carboxylic acid groups (broad SMARTS) is 1. The minimum Gasteiger partial charge on any atom is -0.481 e. The van der Waals surface area contributed by atoms with E-state index in [-0.39, 0.29) is 24.4 Å². The number of amides is 2. The van der Waals surface area contributed by atoms with Gasteiger partial charge in [-0.25, -0.2) is 4.79 Å². The fraction of sp³-hybridized carbons (Fsp3) is 0.846. The minimum atomic E-state index is -0.915. The van der Waals surface area contributed by atoms with E-state index in [0.29, 0.717) is 19.8 Å². The van der Waals surface area contributed by atoms with Crippen LogP contribution in [0.5, 0.6) is 0 Å². The predicted octanol–water partition coefficient (Wildman–Crippen LogP) is 1.60. The quantitative estimate of drug-likeness (QED) is 0.528. The number of hydrogen-bond acceptors (Lipinski definition) is 3. The lowest BCUT2D eigenvalue weighted by molar-refractivity contribution is -0.137. The summed E-state index contributed by atoms with van der Waals surface area (Å²) in [6.07, 6.45) is 2.03. The molecule has 0 saturated heterocycles. The summed E-state index contributed by atoms with van der Waals surface area (Å²) in [5.74, 6) is -0.843. The van der Waals surface area contributed by atoms with Crippen LogP contribution in [0.15, 0.2) is 0 Å². The lowest BCUT2D eigenvalue weighted by Gasteiger charge is -2.20. The average Bonchev–Trinajstić information content (AvgIpc) is 2.32. The van der Waals surface area contributed by atoms with Crippen LogP contribution in [0.3, 0.4) is 0 Å². The van der Waals surface area contributed by atoms with Crippen LogP contribution >= 0.6 is 0 Å². The highest BCUT2D eigenvalue weighted by molar-refractivity contribution is 5.75. The van der Waals surface area contributed by atoms with Crippen molar-refractivity contribution in [1.82, 2.24) is 10.6 Å². The summed E-state index contributed by atoms with van der Waals surface area (Å²) < 4.78 is 5.30. The summed E-state index contributed by atoms with van der Waals surface area (Å²) in [4.78, 5) is 22.2. The Hall–Kier alpha value is -1.30. The molecule has 0 aromatic carbocycles. The highest BCUT2D eigenvalue weighted by Crippen LogP contribution is 2.05. The van der Waals surface area contributed by atoms with E-state index >= 15 is 0 Å². The van der Waals surface area contributed by atoms with Crippen molar-refractivity contribution in [1.29, 1.82) is 0 Å². The van der Waals surface area contributed by atoms with Crippen molar-refractivity contribution >= 4 is 12.0 Å². The van der Waals surface area contributed by atoms with Crippen molar-refractivity contribution in [2.24, 2.45) is 5.92 Å². The molecular formula is C13H26N2O4. The summed E-state index contributed by atoms with van der Waals surface area (Å²) >= 11 is 0. The Labute approximate surface area is 114 Å². The largest absolute Gasteiger partial charge is 0.481 e. The molecule has 0 fully saturated rings. The van der Waals surface area contributed by atoms with E-state index < -0.39 is 5.97 Å². The first-order chi connectivity index (χ1) is 8.97. The number of rotatable bonds is 10. The molecule has 6 heteroatoms. The second-order valence-corrected chi connectivity index (χ2v) is 4.81. The maximum Gasteiger partial charge on any atom is 0.315 e. The highest BCUT2D eigenvalue weighted by atomic mass is 16.5. The van der Waals surface area contributed by atoms with Crippen LogP contribution in [0.2, 0.25) is 0 Å². The van der Waals surface area contributed by atoms with Gasteiger partial charge in [0.1, 0.15) is 0 Å². The molecule has 112 valence electrons. The summed E-state index contributed by atoms with van der Waals surface area (Å²) in [6.45, 7) is 7.44. The normalized spacial score (nSPS) is 12.2. The third-order valence-corrected chi connectivity index (χ3v) is 2.69. The maximum atomic E-state index is 11.6. The highest BCUT2D eigenvalue weighted by Gasteiger charge is 2.18. The zero-order valence-electron chi connectivity index (χ0n) is 12.1. The van der Waals surface area contributed by atoms with Gasteiger partial charge in [0.2, 0.25) is 0 Å².